The maximum absolute atomic E-state index is 10.9. The summed E-state index contributed by atoms with van der Waals surface area (Å²) in [7, 11) is 0. The Balaban J connectivity index is 2.00. The lowest BCUT2D eigenvalue weighted by Gasteiger charge is -2.25. The van der Waals surface area contributed by atoms with Gasteiger partial charge in [0.1, 0.15) is 16.8 Å². The van der Waals surface area contributed by atoms with E-state index in [9.17, 15) is 4.79 Å². The summed E-state index contributed by atoms with van der Waals surface area (Å²) in [5, 5.41) is 3.40. The first-order valence-electron chi connectivity index (χ1n) is 5.94. The van der Waals surface area contributed by atoms with Gasteiger partial charge in [-0.05, 0) is 19.3 Å². The molecule has 0 radical (unpaired) electrons. The molecule has 1 aromatic rings. The molecule has 1 aliphatic rings. The van der Waals surface area contributed by atoms with Gasteiger partial charge in [-0.3, -0.25) is 4.79 Å². The molecule has 1 saturated carbocycles. The average Bonchev–Trinajstić information content (AvgIpc) is 2.21. The van der Waals surface area contributed by atoms with Crippen molar-refractivity contribution >= 4 is 23.7 Å². The van der Waals surface area contributed by atoms with Crippen molar-refractivity contribution in [1.82, 2.24) is 9.97 Å². The van der Waals surface area contributed by atoms with Crippen LogP contribution in [0.5, 0.6) is 0 Å². The lowest BCUT2D eigenvalue weighted by Crippen LogP contribution is -2.17. The molecule has 1 fully saturated rings. The van der Waals surface area contributed by atoms with E-state index < -0.39 is 0 Å². The number of halogens is 1. The normalized spacial score (nSPS) is 15.4. The Bertz CT molecular complexity index is 418. The van der Waals surface area contributed by atoms with E-state index in [0.29, 0.717) is 23.5 Å². The summed E-state index contributed by atoms with van der Waals surface area (Å²) in [6, 6.07) is 0. The van der Waals surface area contributed by atoms with Gasteiger partial charge in [-0.2, -0.15) is 0 Å². The molecule has 0 atom stereocenters. The third-order valence-electron chi connectivity index (χ3n) is 3.20. The van der Waals surface area contributed by atoms with Crippen LogP contribution in [0.25, 0.3) is 0 Å². The van der Waals surface area contributed by atoms with E-state index in [1.165, 1.54) is 19.3 Å². The molecule has 1 aromatic heterocycles. The zero-order valence-corrected chi connectivity index (χ0v) is 10.6. The highest BCUT2D eigenvalue weighted by atomic mass is 35.5. The first kappa shape index (κ1) is 12.3. The highest BCUT2D eigenvalue weighted by Gasteiger charge is 2.17. The molecule has 0 aliphatic heterocycles. The molecule has 0 amide bonds. The lowest BCUT2D eigenvalue weighted by molar-refractivity contribution is 0.112. The number of aromatic nitrogens is 2. The molecule has 17 heavy (non-hydrogen) atoms. The minimum Gasteiger partial charge on any atom is -0.369 e. The first-order chi connectivity index (χ1) is 8.20. The van der Waals surface area contributed by atoms with Crippen LogP contribution in [0.15, 0.2) is 0 Å². The molecule has 0 saturated heterocycles. The number of aryl methyl sites for hydroxylation is 1. The van der Waals surface area contributed by atoms with Crippen LogP contribution >= 0.6 is 11.6 Å². The Morgan fingerprint density at radius 3 is 2.82 bits per heavy atom. The third kappa shape index (κ3) is 2.94. The zero-order valence-electron chi connectivity index (χ0n) is 9.87. The Morgan fingerprint density at radius 1 is 1.47 bits per heavy atom. The van der Waals surface area contributed by atoms with E-state index >= 15 is 0 Å². The fraction of sp³-hybridized carbons (Fsp3) is 0.583. The Hall–Kier alpha value is -1.16. The van der Waals surface area contributed by atoms with Crippen LogP contribution in [0.3, 0.4) is 0 Å². The smallest absolute Gasteiger partial charge is 0.156 e. The van der Waals surface area contributed by atoms with Crippen molar-refractivity contribution in [2.45, 2.75) is 32.6 Å². The van der Waals surface area contributed by atoms with E-state index in [0.717, 1.165) is 18.9 Å². The van der Waals surface area contributed by atoms with Crippen molar-refractivity contribution in [2.75, 3.05) is 11.9 Å². The number of nitrogens with one attached hydrogen (secondary N) is 1. The molecule has 5 heteroatoms. The highest BCUT2D eigenvalue weighted by molar-refractivity contribution is 6.32. The van der Waals surface area contributed by atoms with Crippen molar-refractivity contribution < 1.29 is 4.79 Å². The summed E-state index contributed by atoms with van der Waals surface area (Å²) >= 11 is 5.89. The standard InChI is InChI=1S/C12H16ClN3O/c1-8-15-11(13)10(7-17)12(16-8)14-6-5-9-3-2-4-9/h7,9H,2-6H2,1H3,(H,14,15,16). The molecular weight excluding hydrogens is 238 g/mol. The van der Waals surface area contributed by atoms with Gasteiger partial charge in [0.25, 0.3) is 0 Å². The van der Waals surface area contributed by atoms with Crippen molar-refractivity contribution in [2.24, 2.45) is 5.92 Å². The average molecular weight is 254 g/mol. The number of anilines is 1. The van der Waals surface area contributed by atoms with Crippen LogP contribution in [0, 0.1) is 12.8 Å². The van der Waals surface area contributed by atoms with Crippen molar-refractivity contribution in [3.8, 4) is 0 Å². The van der Waals surface area contributed by atoms with Gasteiger partial charge in [0.05, 0.1) is 5.56 Å². The number of nitrogens with zero attached hydrogens (tertiary/aromatic N) is 2. The summed E-state index contributed by atoms with van der Waals surface area (Å²) in [6.07, 6.45) is 5.83. The number of carbonyl (C=O) groups is 1. The highest BCUT2D eigenvalue weighted by Crippen LogP contribution is 2.29. The largest absolute Gasteiger partial charge is 0.369 e. The zero-order chi connectivity index (χ0) is 12.3. The monoisotopic (exact) mass is 253 g/mol. The van der Waals surface area contributed by atoms with Gasteiger partial charge < -0.3 is 5.32 Å². The summed E-state index contributed by atoms with van der Waals surface area (Å²) in [6.45, 7) is 2.59. The summed E-state index contributed by atoms with van der Waals surface area (Å²) in [5.74, 6) is 1.96. The minimum absolute atomic E-state index is 0.221. The Labute approximate surface area is 106 Å². The minimum atomic E-state index is 0.221. The SMILES string of the molecule is Cc1nc(Cl)c(C=O)c(NCCC2CCC2)n1. The molecule has 0 spiro atoms. The topological polar surface area (TPSA) is 54.9 Å². The molecule has 0 bridgehead atoms. The van der Waals surface area contributed by atoms with Crippen LogP contribution < -0.4 is 5.32 Å². The van der Waals surface area contributed by atoms with Crippen molar-refractivity contribution in [3.05, 3.63) is 16.5 Å². The van der Waals surface area contributed by atoms with Crippen LogP contribution in [0.1, 0.15) is 41.9 Å². The molecule has 0 unspecified atom stereocenters. The van der Waals surface area contributed by atoms with E-state index in [1.807, 2.05) is 0 Å². The molecule has 1 N–H and O–H groups in total. The van der Waals surface area contributed by atoms with Gasteiger partial charge in [-0.15, -0.1) is 0 Å². The van der Waals surface area contributed by atoms with E-state index in [2.05, 4.69) is 15.3 Å². The summed E-state index contributed by atoms with van der Waals surface area (Å²) in [5.41, 5.74) is 0.353. The van der Waals surface area contributed by atoms with Gasteiger partial charge in [0.15, 0.2) is 6.29 Å². The van der Waals surface area contributed by atoms with Gasteiger partial charge in [-0.25, -0.2) is 9.97 Å². The van der Waals surface area contributed by atoms with E-state index in [-0.39, 0.29) is 5.15 Å². The lowest BCUT2D eigenvalue weighted by atomic mass is 9.83. The van der Waals surface area contributed by atoms with E-state index in [4.69, 9.17) is 11.6 Å². The number of hydrogen-bond donors (Lipinski definition) is 1. The van der Waals surface area contributed by atoms with E-state index in [1.54, 1.807) is 6.92 Å². The van der Waals surface area contributed by atoms with Crippen LogP contribution in [-0.4, -0.2) is 22.8 Å². The molecule has 92 valence electrons. The Kier molecular flexibility index (Phi) is 3.94. The van der Waals surface area contributed by atoms with Gasteiger partial charge >= 0.3 is 0 Å². The van der Waals surface area contributed by atoms with Crippen molar-refractivity contribution in [1.29, 1.82) is 0 Å². The first-order valence-corrected chi connectivity index (χ1v) is 6.31. The Morgan fingerprint density at radius 2 is 2.24 bits per heavy atom. The summed E-state index contributed by atoms with van der Waals surface area (Å²) in [4.78, 5) is 19.1. The number of carbonyl (C=O) groups excluding carboxylic acids is 1. The second kappa shape index (κ2) is 5.45. The number of aldehydes is 1. The number of rotatable bonds is 5. The van der Waals surface area contributed by atoms with Crippen LogP contribution in [0.2, 0.25) is 5.15 Å². The number of hydrogen-bond acceptors (Lipinski definition) is 4. The summed E-state index contributed by atoms with van der Waals surface area (Å²) < 4.78 is 0. The second-order valence-corrected chi connectivity index (χ2v) is 4.81. The van der Waals surface area contributed by atoms with Gasteiger partial charge in [-0.1, -0.05) is 30.9 Å². The predicted octanol–water partition coefficient (Wildman–Crippen LogP) is 2.85. The predicted molar refractivity (Wildman–Crippen MR) is 67.6 cm³/mol. The van der Waals surface area contributed by atoms with Crippen LogP contribution in [0.4, 0.5) is 5.82 Å². The molecule has 1 aliphatic carbocycles. The molecule has 0 aromatic carbocycles. The van der Waals surface area contributed by atoms with Gasteiger partial charge in [0.2, 0.25) is 0 Å². The van der Waals surface area contributed by atoms with Crippen molar-refractivity contribution in [3.63, 3.8) is 0 Å². The maximum atomic E-state index is 10.9. The molecule has 1 heterocycles. The van der Waals surface area contributed by atoms with Crippen LogP contribution in [-0.2, 0) is 0 Å². The fourth-order valence-electron chi connectivity index (χ4n) is 1.96. The second-order valence-electron chi connectivity index (χ2n) is 4.45. The quantitative estimate of drug-likeness (QED) is 0.648. The molecule has 4 nitrogen and oxygen atoms in total. The third-order valence-corrected chi connectivity index (χ3v) is 3.49. The molecule has 2 rings (SSSR count). The van der Waals surface area contributed by atoms with Gasteiger partial charge in [0, 0.05) is 6.54 Å². The molecular formula is C12H16ClN3O. The fourth-order valence-corrected chi connectivity index (χ4v) is 2.22. The maximum Gasteiger partial charge on any atom is 0.156 e.